The lowest BCUT2D eigenvalue weighted by Crippen LogP contribution is -2.27. The third-order valence-corrected chi connectivity index (χ3v) is 2.76. The van der Waals surface area contributed by atoms with Gasteiger partial charge in [-0.15, -0.1) is 0 Å². The van der Waals surface area contributed by atoms with Gasteiger partial charge in [0.2, 0.25) is 0 Å². The first kappa shape index (κ1) is 13.7. The van der Waals surface area contributed by atoms with Crippen molar-refractivity contribution in [3.63, 3.8) is 0 Å². The molecule has 0 saturated heterocycles. The van der Waals surface area contributed by atoms with Crippen LogP contribution in [0.3, 0.4) is 0 Å². The van der Waals surface area contributed by atoms with Crippen molar-refractivity contribution in [3.05, 3.63) is 35.9 Å². The number of rotatable bonds is 6. The van der Waals surface area contributed by atoms with Crippen LogP contribution in [-0.2, 0) is 16.1 Å². The number of ether oxygens (including phenoxy) is 1. The largest absolute Gasteiger partial charge is 0.461 e. The zero-order valence-electron chi connectivity index (χ0n) is 10.4. The first-order valence-electron chi connectivity index (χ1n) is 6.03. The average molecular weight is 236 g/mol. The number of carbonyl (C=O) groups is 1. The monoisotopic (exact) mass is 236 g/mol. The third-order valence-electron chi connectivity index (χ3n) is 2.76. The van der Waals surface area contributed by atoms with Crippen LogP contribution in [0.5, 0.6) is 0 Å². The van der Waals surface area contributed by atoms with Gasteiger partial charge in [-0.05, 0) is 18.9 Å². The summed E-state index contributed by atoms with van der Waals surface area (Å²) in [5.74, 6) is -0.798. The maximum atomic E-state index is 11.7. The Morgan fingerprint density at radius 2 is 2.00 bits per heavy atom. The first-order valence-corrected chi connectivity index (χ1v) is 6.03. The normalized spacial score (nSPS) is 14.1. The molecule has 0 aromatic heterocycles. The van der Waals surface area contributed by atoms with E-state index < -0.39 is 12.0 Å². The Labute approximate surface area is 102 Å². The first-order chi connectivity index (χ1) is 8.15. The Morgan fingerprint density at radius 3 is 2.59 bits per heavy atom. The summed E-state index contributed by atoms with van der Waals surface area (Å²) in [5, 5.41) is 9.68. The predicted octanol–water partition coefficient (Wildman–Crippen LogP) is 2.53. The molecule has 0 aliphatic carbocycles. The van der Waals surface area contributed by atoms with Crippen LogP contribution in [0.15, 0.2) is 30.3 Å². The van der Waals surface area contributed by atoms with Crippen molar-refractivity contribution in [2.45, 2.75) is 39.4 Å². The van der Waals surface area contributed by atoms with E-state index >= 15 is 0 Å². The second-order valence-corrected chi connectivity index (χ2v) is 4.24. The fourth-order valence-electron chi connectivity index (χ4n) is 1.56. The zero-order valence-corrected chi connectivity index (χ0v) is 10.4. The van der Waals surface area contributed by atoms with Crippen molar-refractivity contribution >= 4 is 5.97 Å². The highest BCUT2D eigenvalue weighted by molar-refractivity contribution is 5.72. The molecule has 1 aromatic carbocycles. The van der Waals surface area contributed by atoms with Crippen LogP contribution in [0.4, 0.5) is 0 Å². The van der Waals surface area contributed by atoms with Crippen LogP contribution in [0.1, 0.15) is 32.3 Å². The molecule has 1 rings (SSSR count). The molecule has 2 atom stereocenters. The van der Waals surface area contributed by atoms with E-state index in [1.807, 2.05) is 37.3 Å². The maximum Gasteiger partial charge on any atom is 0.311 e. The summed E-state index contributed by atoms with van der Waals surface area (Å²) < 4.78 is 5.16. The van der Waals surface area contributed by atoms with Crippen molar-refractivity contribution < 1.29 is 14.6 Å². The van der Waals surface area contributed by atoms with Crippen molar-refractivity contribution in [1.82, 2.24) is 0 Å². The summed E-state index contributed by atoms with van der Waals surface area (Å²) in [6.07, 6.45) is 0.877. The number of benzene rings is 1. The van der Waals surface area contributed by atoms with Gasteiger partial charge < -0.3 is 9.84 Å². The number of hydrogen-bond acceptors (Lipinski definition) is 3. The molecule has 0 aliphatic rings. The second-order valence-electron chi connectivity index (χ2n) is 4.24. The number of aliphatic hydroxyl groups excluding tert-OH is 1. The summed E-state index contributed by atoms with van der Waals surface area (Å²) in [6, 6.07) is 9.52. The molecule has 0 unspecified atom stereocenters. The molecule has 0 bridgehead atoms. The van der Waals surface area contributed by atoms with Crippen LogP contribution in [0.2, 0.25) is 0 Å². The lowest BCUT2D eigenvalue weighted by atomic mass is 10.0. The minimum absolute atomic E-state index is 0.267. The maximum absolute atomic E-state index is 11.7. The van der Waals surface area contributed by atoms with Gasteiger partial charge in [-0.25, -0.2) is 0 Å². The summed E-state index contributed by atoms with van der Waals surface area (Å²) in [6.45, 7) is 3.95. The van der Waals surface area contributed by atoms with Crippen LogP contribution in [-0.4, -0.2) is 17.2 Å². The highest BCUT2D eigenvalue weighted by Crippen LogP contribution is 2.12. The fraction of sp³-hybridized carbons (Fsp3) is 0.500. The fourth-order valence-corrected chi connectivity index (χ4v) is 1.56. The van der Waals surface area contributed by atoms with E-state index in [1.54, 1.807) is 6.92 Å². The Hall–Kier alpha value is -1.35. The highest BCUT2D eigenvalue weighted by atomic mass is 16.5. The molecule has 0 aliphatic heterocycles. The lowest BCUT2D eigenvalue weighted by Gasteiger charge is -2.16. The number of esters is 1. The molecule has 0 radical (unpaired) electrons. The molecular formula is C14H20O3. The van der Waals surface area contributed by atoms with Crippen LogP contribution in [0, 0.1) is 5.92 Å². The van der Waals surface area contributed by atoms with Gasteiger partial charge in [0.25, 0.3) is 0 Å². The smallest absolute Gasteiger partial charge is 0.311 e. The molecule has 0 spiro atoms. The molecule has 1 aromatic rings. The summed E-state index contributed by atoms with van der Waals surface area (Å²) in [5.41, 5.74) is 0.957. The minimum atomic E-state index is -0.608. The van der Waals surface area contributed by atoms with Gasteiger partial charge in [-0.2, -0.15) is 0 Å². The van der Waals surface area contributed by atoms with Gasteiger partial charge in [-0.1, -0.05) is 43.7 Å². The Kier molecular flexibility index (Phi) is 5.70. The third kappa shape index (κ3) is 4.57. The van der Waals surface area contributed by atoms with Crippen molar-refractivity contribution in [2.75, 3.05) is 0 Å². The van der Waals surface area contributed by atoms with E-state index in [0.29, 0.717) is 6.42 Å². The standard InChI is InChI=1S/C14H20O3/c1-3-7-13(15)11(2)14(16)17-10-12-8-5-4-6-9-12/h4-6,8-9,11,13,15H,3,7,10H2,1-2H3/t11-,13-/m0/s1. The molecule has 3 heteroatoms. The molecule has 0 saturated carbocycles. The van der Waals surface area contributed by atoms with Crippen LogP contribution in [0.25, 0.3) is 0 Å². The van der Waals surface area contributed by atoms with Crippen LogP contribution >= 0.6 is 0 Å². The molecule has 0 amide bonds. The summed E-state index contributed by atoms with van der Waals surface area (Å²) >= 11 is 0. The average Bonchev–Trinajstić information content (AvgIpc) is 2.36. The highest BCUT2D eigenvalue weighted by Gasteiger charge is 2.22. The Morgan fingerprint density at radius 1 is 1.35 bits per heavy atom. The van der Waals surface area contributed by atoms with Gasteiger partial charge in [0.15, 0.2) is 0 Å². The van der Waals surface area contributed by atoms with Crippen molar-refractivity contribution in [2.24, 2.45) is 5.92 Å². The zero-order chi connectivity index (χ0) is 12.7. The second kappa shape index (κ2) is 7.07. The van der Waals surface area contributed by atoms with Gasteiger partial charge >= 0.3 is 5.97 Å². The van der Waals surface area contributed by atoms with E-state index in [0.717, 1.165) is 12.0 Å². The molecule has 17 heavy (non-hydrogen) atoms. The summed E-state index contributed by atoms with van der Waals surface area (Å²) in [4.78, 5) is 11.7. The van der Waals surface area contributed by atoms with Gasteiger partial charge in [0.05, 0.1) is 12.0 Å². The molecule has 0 fully saturated rings. The predicted molar refractivity (Wildman–Crippen MR) is 66.3 cm³/mol. The molecule has 0 heterocycles. The van der Waals surface area contributed by atoms with Crippen molar-refractivity contribution in [1.29, 1.82) is 0 Å². The van der Waals surface area contributed by atoms with Gasteiger partial charge in [0.1, 0.15) is 6.61 Å². The van der Waals surface area contributed by atoms with E-state index in [4.69, 9.17) is 4.74 Å². The molecule has 3 nitrogen and oxygen atoms in total. The van der Waals surface area contributed by atoms with Gasteiger partial charge in [0, 0.05) is 0 Å². The van der Waals surface area contributed by atoms with E-state index in [1.165, 1.54) is 0 Å². The molecular weight excluding hydrogens is 216 g/mol. The molecule has 1 N–H and O–H groups in total. The van der Waals surface area contributed by atoms with Crippen molar-refractivity contribution in [3.8, 4) is 0 Å². The quantitative estimate of drug-likeness (QED) is 0.772. The SMILES string of the molecule is CCC[C@H](O)[C@H](C)C(=O)OCc1ccccc1. The Bertz CT molecular complexity index is 335. The minimum Gasteiger partial charge on any atom is -0.461 e. The summed E-state index contributed by atoms with van der Waals surface area (Å²) in [7, 11) is 0. The lowest BCUT2D eigenvalue weighted by molar-refractivity contribution is -0.153. The van der Waals surface area contributed by atoms with E-state index in [-0.39, 0.29) is 12.6 Å². The number of aliphatic hydroxyl groups is 1. The number of carbonyl (C=O) groups excluding carboxylic acids is 1. The topological polar surface area (TPSA) is 46.5 Å². The van der Waals surface area contributed by atoms with E-state index in [9.17, 15) is 9.90 Å². The number of hydrogen-bond donors (Lipinski definition) is 1. The van der Waals surface area contributed by atoms with Crippen LogP contribution < -0.4 is 0 Å². The van der Waals surface area contributed by atoms with Gasteiger partial charge in [-0.3, -0.25) is 4.79 Å². The Balaban J connectivity index is 2.39. The van der Waals surface area contributed by atoms with E-state index in [2.05, 4.69) is 0 Å². The molecule has 94 valence electrons.